The fraction of sp³-hybridized carbons (Fsp3) is 0.364. The molecule has 1 aliphatic rings. The van der Waals surface area contributed by atoms with Crippen LogP contribution < -0.4 is 0 Å². The summed E-state index contributed by atoms with van der Waals surface area (Å²) in [6, 6.07) is 4.09. The van der Waals surface area contributed by atoms with Crippen molar-refractivity contribution in [2.75, 3.05) is 6.54 Å². The van der Waals surface area contributed by atoms with Crippen LogP contribution in [0.15, 0.2) is 28.1 Å². The molecule has 1 heterocycles. The summed E-state index contributed by atoms with van der Waals surface area (Å²) in [5.74, 6) is 0. The van der Waals surface area contributed by atoms with Crippen molar-refractivity contribution in [2.45, 2.75) is 23.9 Å². The van der Waals surface area contributed by atoms with Crippen molar-refractivity contribution in [2.24, 2.45) is 4.99 Å². The monoisotopic (exact) mass is 320 g/mol. The first-order valence-electron chi connectivity index (χ1n) is 5.50. The smallest absolute Gasteiger partial charge is 0.211 e. The second-order valence-electron chi connectivity index (χ2n) is 4.03. The molecule has 0 bridgehead atoms. The Kier molecular flexibility index (Phi) is 4.28. The van der Waals surface area contributed by atoms with Gasteiger partial charge < -0.3 is 0 Å². The molecule has 1 atom stereocenters. The Morgan fingerprint density at radius 1 is 1.32 bits per heavy atom. The van der Waals surface area contributed by atoms with Gasteiger partial charge in [0.15, 0.2) is 0 Å². The molecule has 19 heavy (non-hydrogen) atoms. The van der Waals surface area contributed by atoms with Gasteiger partial charge in [-0.1, -0.05) is 23.2 Å². The molecule has 0 aliphatic carbocycles. The van der Waals surface area contributed by atoms with Crippen LogP contribution in [0, 0.1) is 0 Å². The van der Waals surface area contributed by atoms with Gasteiger partial charge in [0.1, 0.15) is 6.17 Å². The Balaban J connectivity index is 2.41. The molecule has 5 nitrogen and oxygen atoms in total. The Labute approximate surface area is 120 Å². The highest BCUT2D eigenvalue weighted by atomic mass is 35.5. The Morgan fingerprint density at radius 3 is 2.68 bits per heavy atom. The highest BCUT2D eigenvalue weighted by Crippen LogP contribution is 2.30. The standard InChI is InChI=1S/C11H10Cl2N2O3S/c12-9-4-3-8(6-10(9)13)19(17,18)15-5-1-2-11(15)14-7-16/h3-4,6,11H,1-2,5H2. The molecule has 8 heteroatoms. The molecule has 1 fully saturated rings. The zero-order valence-electron chi connectivity index (χ0n) is 9.71. The van der Waals surface area contributed by atoms with Gasteiger partial charge in [0, 0.05) is 6.54 Å². The van der Waals surface area contributed by atoms with Gasteiger partial charge in [-0.2, -0.15) is 9.30 Å². The van der Waals surface area contributed by atoms with E-state index in [0.29, 0.717) is 19.4 Å². The quantitative estimate of drug-likeness (QED) is 0.634. The summed E-state index contributed by atoms with van der Waals surface area (Å²) in [5, 5.41) is 0.446. The van der Waals surface area contributed by atoms with E-state index in [2.05, 4.69) is 4.99 Å². The minimum absolute atomic E-state index is 0.0369. The van der Waals surface area contributed by atoms with Gasteiger partial charge in [-0.15, -0.1) is 0 Å². The van der Waals surface area contributed by atoms with E-state index in [1.54, 1.807) is 0 Å². The number of hydrogen-bond acceptors (Lipinski definition) is 4. The first kappa shape index (κ1) is 14.5. The van der Waals surface area contributed by atoms with Crippen LogP contribution in [0.5, 0.6) is 0 Å². The van der Waals surface area contributed by atoms with Crippen molar-refractivity contribution in [3.63, 3.8) is 0 Å². The minimum Gasteiger partial charge on any atom is -0.211 e. The van der Waals surface area contributed by atoms with Crippen LogP contribution in [-0.2, 0) is 14.8 Å². The number of aliphatic imine (C=N–C) groups is 1. The number of nitrogens with zero attached hydrogens (tertiary/aromatic N) is 2. The topological polar surface area (TPSA) is 66.8 Å². The summed E-state index contributed by atoms with van der Waals surface area (Å²) in [7, 11) is -3.73. The number of benzene rings is 1. The third kappa shape index (κ3) is 2.83. The van der Waals surface area contributed by atoms with E-state index in [4.69, 9.17) is 23.2 Å². The maximum Gasteiger partial charge on any atom is 0.244 e. The van der Waals surface area contributed by atoms with Crippen molar-refractivity contribution in [1.82, 2.24) is 4.31 Å². The number of rotatable bonds is 3. The zero-order valence-corrected chi connectivity index (χ0v) is 12.0. The fourth-order valence-electron chi connectivity index (χ4n) is 1.97. The predicted octanol–water partition coefficient (Wildman–Crippen LogP) is 2.44. The number of halogens is 2. The van der Waals surface area contributed by atoms with Gasteiger partial charge in [0.2, 0.25) is 16.1 Å². The molecule has 0 spiro atoms. The van der Waals surface area contributed by atoms with E-state index < -0.39 is 16.2 Å². The largest absolute Gasteiger partial charge is 0.244 e. The Hall–Kier alpha value is -0.910. The first-order chi connectivity index (χ1) is 8.96. The molecule has 0 N–H and O–H groups in total. The molecule has 102 valence electrons. The van der Waals surface area contributed by atoms with Crippen molar-refractivity contribution in [3.05, 3.63) is 28.2 Å². The van der Waals surface area contributed by atoms with Gasteiger partial charge in [-0.05, 0) is 31.0 Å². The lowest BCUT2D eigenvalue weighted by molar-refractivity contribution is 0.395. The molecule has 0 radical (unpaired) electrons. The molecule has 0 aromatic heterocycles. The van der Waals surface area contributed by atoms with Gasteiger partial charge in [0.25, 0.3) is 0 Å². The van der Waals surface area contributed by atoms with Crippen LogP contribution >= 0.6 is 23.2 Å². The van der Waals surface area contributed by atoms with Crippen molar-refractivity contribution < 1.29 is 13.2 Å². The Bertz CT molecular complexity index is 641. The first-order valence-corrected chi connectivity index (χ1v) is 7.70. The summed E-state index contributed by atoms with van der Waals surface area (Å²) in [6.07, 6.45) is 1.88. The average Bonchev–Trinajstić information content (AvgIpc) is 2.82. The molecule has 0 amide bonds. The van der Waals surface area contributed by atoms with Gasteiger partial charge >= 0.3 is 0 Å². The van der Waals surface area contributed by atoms with E-state index in [9.17, 15) is 13.2 Å². The molecule has 1 aromatic rings. The maximum absolute atomic E-state index is 12.4. The lowest BCUT2D eigenvalue weighted by atomic mass is 10.3. The summed E-state index contributed by atoms with van der Waals surface area (Å²) in [5.41, 5.74) is 0. The summed E-state index contributed by atoms with van der Waals surface area (Å²) < 4.78 is 26.0. The van der Waals surface area contributed by atoms with Crippen molar-refractivity contribution in [1.29, 1.82) is 0 Å². The molecule has 1 aromatic carbocycles. The molecule has 1 aliphatic heterocycles. The van der Waals surface area contributed by atoms with Crippen molar-refractivity contribution in [3.8, 4) is 0 Å². The number of carbonyl (C=O) groups excluding carboxylic acids is 1. The zero-order chi connectivity index (χ0) is 14.0. The molecule has 1 unspecified atom stereocenters. The normalized spacial score (nSPS) is 20.2. The number of sulfonamides is 1. The highest BCUT2D eigenvalue weighted by molar-refractivity contribution is 7.89. The lowest BCUT2D eigenvalue weighted by Gasteiger charge is -2.20. The van der Waals surface area contributed by atoms with Gasteiger partial charge in [-0.25, -0.2) is 13.2 Å². The number of hydrogen-bond donors (Lipinski definition) is 0. The number of isocyanates is 1. The minimum atomic E-state index is -3.73. The van der Waals surface area contributed by atoms with Crippen LogP contribution in [0.2, 0.25) is 10.0 Å². The summed E-state index contributed by atoms with van der Waals surface area (Å²) in [4.78, 5) is 13.9. The fourth-order valence-corrected chi connectivity index (χ4v) is 3.95. The molecular weight excluding hydrogens is 311 g/mol. The van der Waals surface area contributed by atoms with Crippen molar-refractivity contribution >= 4 is 39.3 Å². The Morgan fingerprint density at radius 2 is 2.05 bits per heavy atom. The van der Waals surface area contributed by atoms with E-state index in [1.165, 1.54) is 28.6 Å². The van der Waals surface area contributed by atoms with Crippen LogP contribution in [0.4, 0.5) is 0 Å². The van der Waals surface area contributed by atoms with E-state index in [0.717, 1.165) is 0 Å². The highest BCUT2D eigenvalue weighted by Gasteiger charge is 2.35. The predicted molar refractivity (Wildman–Crippen MR) is 71.5 cm³/mol. The second kappa shape index (κ2) is 5.61. The van der Waals surface area contributed by atoms with Crippen LogP contribution in [0.3, 0.4) is 0 Å². The molecule has 1 saturated heterocycles. The van der Waals surface area contributed by atoms with Crippen LogP contribution in [0.25, 0.3) is 0 Å². The third-order valence-corrected chi connectivity index (χ3v) is 5.50. The van der Waals surface area contributed by atoms with Gasteiger partial charge in [0.05, 0.1) is 14.9 Å². The lowest BCUT2D eigenvalue weighted by Crippen LogP contribution is -2.34. The summed E-state index contributed by atoms with van der Waals surface area (Å²) in [6.45, 7) is 0.318. The van der Waals surface area contributed by atoms with E-state index in [1.807, 2.05) is 0 Å². The van der Waals surface area contributed by atoms with Crippen LogP contribution in [0.1, 0.15) is 12.8 Å². The second-order valence-corrected chi connectivity index (χ2v) is 6.74. The van der Waals surface area contributed by atoms with E-state index >= 15 is 0 Å². The van der Waals surface area contributed by atoms with Gasteiger partial charge in [-0.3, -0.25) is 0 Å². The maximum atomic E-state index is 12.4. The SMILES string of the molecule is O=C=NC1CCCN1S(=O)(=O)c1ccc(Cl)c(Cl)c1. The van der Waals surface area contributed by atoms with Crippen LogP contribution in [-0.4, -0.2) is 31.5 Å². The third-order valence-electron chi connectivity index (χ3n) is 2.87. The molecule has 0 saturated carbocycles. The summed E-state index contributed by atoms with van der Waals surface area (Å²) >= 11 is 11.6. The average molecular weight is 321 g/mol. The molecular formula is C11H10Cl2N2O3S. The molecule has 2 rings (SSSR count). The van der Waals surface area contributed by atoms with E-state index in [-0.39, 0.29) is 14.9 Å².